The average molecular weight is 478 g/mol. The van der Waals surface area contributed by atoms with Crippen LogP contribution >= 0.6 is 0 Å². The van der Waals surface area contributed by atoms with Crippen LogP contribution in [0.15, 0.2) is 36.4 Å². The van der Waals surface area contributed by atoms with Crippen LogP contribution in [0.1, 0.15) is 49.7 Å². The van der Waals surface area contributed by atoms with E-state index < -0.39 is 5.60 Å². The van der Waals surface area contributed by atoms with Crippen LogP contribution in [0.25, 0.3) is 22.3 Å². The van der Waals surface area contributed by atoms with Gasteiger partial charge in [0.25, 0.3) is 5.91 Å². The number of rotatable bonds is 4. The summed E-state index contributed by atoms with van der Waals surface area (Å²) in [5.74, 6) is 0.332. The maximum Gasteiger partial charge on any atom is 0.410 e. The second-order valence-corrected chi connectivity index (χ2v) is 10.4. The number of ether oxygens (including phenoxy) is 1. The minimum absolute atomic E-state index is 0.00429. The van der Waals surface area contributed by atoms with Crippen LogP contribution in [0, 0.1) is 12.8 Å². The molecule has 186 valence electrons. The first-order valence-corrected chi connectivity index (χ1v) is 12.2. The molecule has 2 aromatic heterocycles. The Morgan fingerprint density at radius 1 is 1.14 bits per heavy atom. The van der Waals surface area contributed by atoms with Gasteiger partial charge in [-0.25, -0.2) is 9.78 Å². The van der Waals surface area contributed by atoms with Gasteiger partial charge in [0, 0.05) is 39.3 Å². The number of likely N-dealkylation sites (tertiary alicyclic amines) is 1. The number of carbonyl (C=O) groups is 2. The number of fused-ring (bicyclic) bond motifs is 1. The number of hydrogen-bond acceptors (Lipinski definition) is 5. The second kappa shape index (κ2) is 9.68. The Hall–Kier alpha value is -3.42. The molecule has 0 aliphatic carbocycles. The summed E-state index contributed by atoms with van der Waals surface area (Å²) < 4.78 is 7.21. The van der Waals surface area contributed by atoms with E-state index in [0.29, 0.717) is 36.8 Å². The Kier molecular flexibility index (Phi) is 6.83. The number of piperidine rings is 1. The number of pyridine rings is 1. The minimum Gasteiger partial charge on any atom is -0.444 e. The maximum absolute atomic E-state index is 13.7. The SMILES string of the molecule is Cc1nn(C)c2nc(-c3ccccc3)cc(C(=O)N3CCC(CN(C)C(=O)OC(C)(C)C)CC3)c12. The fourth-order valence-electron chi connectivity index (χ4n) is 4.66. The molecule has 1 aliphatic heterocycles. The van der Waals surface area contributed by atoms with Gasteiger partial charge in [0.2, 0.25) is 0 Å². The van der Waals surface area contributed by atoms with E-state index in [1.165, 1.54) is 0 Å². The van der Waals surface area contributed by atoms with Crippen LogP contribution in [0.2, 0.25) is 0 Å². The molecule has 2 amide bonds. The summed E-state index contributed by atoms with van der Waals surface area (Å²) in [7, 11) is 3.63. The lowest BCUT2D eigenvalue weighted by Gasteiger charge is -2.34. The number of hydrogen-bond donors (Lipinski definition) is 0. The van der Waals surface area contributed by atoms with E-state index in [2.05, 4.69) is 5.10 Å². The Bertz CT molecular complexity index is 1220. The fourth-order valence-corrected chi connectivity index (χ4v) is 4.66. The van der Waals surface area contributed by atoms with E-state index in [-0.39, 0.29) is 12.0 Å². The molecule has 8 heteroatoms. The number of nitrogens with zero attached hydrogens (tertiary/aromatic N) is 5. The molecule has 1 saturated heterocycles. The average Bonchev–Trinajstić information content (AvgIpc) is 3.11. The van der Waals surface area contributed by atoms with Gasteiger partial charge in [-0.1, -0.05) is 30.3 Å². The molecule has 0 saturated carbocycles. The summed E-state index contributed by atoms with van der Waals surface area (Å²) in [5, 5.41) is 5.34. The fraction of sp³-hybridized carbons (Fsp3) is 0.481. The number of amides is 2. The number of benzene rings is 1. The first-order valence-electron chi connectivity index (χ1n) is 12.2. The lowest BCUT2D eigenvalue weighted by atomic mass is 9.95. The maximum atomic E-state index is 13.7. The van der Waals surface area contributed by atoms with E-state index in [1.807, 2.05) is 76.0 Å². The summed E-state index contributed by atoms with van der Waals surface area (Å²) >= 11 is 0. The van der Waals surface area contributed by atoms with Crippen LogP contribution in [-0.2, 0) is 11.8 Å². The molecule has 3 heterocycles. The molecule has 1 fully saturated rings. The predicted molar refractivity (Wildman–Crippen MR) is 136 cm³/mol. The second-order valence-electron chi connectivity index (χ2n) is 10.4. The minimum atomic E-state index is -0.514. The molecule has 0 N–H and O–H groups in total. The third-order valence-corrected chi connectivity index (χ3v) is 6.41. The van der Waals surface area contributed by atoms with Gasteiger partial charge in [0.15, 0.2) is 5.65 Å². The van der Waals surface area contributed by atoms with Crippen LogP contribution in [0.3, 0.4) is 0 Å². The summed E-state index contributed by atoms with van der Waals surface area (Å²) in [6.07, 6.45) is 1.37. The molecule has 0 atom stereocenters. The highest BCUT2D eigenvalue weighted by Crippen LogP contribution is 2.29. The molecule has 3 aromatic rings. The zero-order valence-electron chi connectivity index (χ0n) is 21.5. The van der Waals surface area contributed by atoms with E-state index >= 15 is 0 Å². The Morgan fingerprint density at radius 2 is 1.80 bits per heavy atom. The Morgan fingerprint density at radius 3 is 2.43 bits per heavy atom. The van der Waals surface area contributed by atoms with Crippen LogP contribution in [0.4, 0.5) is 4.79 Å². The van der Waals surface area contributed by atoms with Gasteiger partial charge >= 0.3 is 6.09 Å². The van der Waals surface area contributed by atoms with E-state index in [9.17, 15) is 9.59 Å². The van der Waals surface area contributed by atoms with Crippen LogP contribution in [-0.4, -0.2) is 68.8 Å². The van der Waals surface area contributed by atoms with E-state index in [0.717, 1.165) is 35.2 Å². The smallest absolute Gasteiger partial charge is 0.410 e. The third kappa shape index (κ3) is 5.47. The normalized spacial score (nSPS) is 14.9. The molecule has 1 aromatic carbocycles. The van der Waals surface area contributed by atoms with Gasteiger partial charge in [-0.05, 0) is 52.5 Å². The zero-order chi connectivity index (χ0) is 25.3. The molecule has 35 heavy (non-hydrogen) atoms. The van der Waals surface area contributed by atoms with Crippen molar-refractivity contribution >= 4 is 23.0 Å². The monoisotopic (exact) mass is 477 g/mol. The van der Waals surface area contributed by atoms with Crippen molar-refractivity contribution in [2.75, 3.05) is 26.7 Å². The van der Waals surface area contributed by atoms with Crippen molar-refractivity contribution in [3.05, 3.63) is 47.7 Å². The first kappa shape index (κ1) is 24.7. The van der Waals surface area contributed by atoms with Crippen molar-refractivity contribution in [1.29, 1.82) is 0 Å². The van der Waals surface area contributed by atoms with Gasteiger partial charge in [0.1, 0.15) is 5.60 Å². The van der Waals surface area contributed by atoms with E-state index in [4.69, 9.17) is 9.72 Å². The molecule has 8 nitrogen and oxygen atoms in total. The Labute approximate surface area is 206 Å². The van der Waals surface area contributed by atoms with Crippen LogP contribution in [0.5, 0.6) is 0 Å². The highest BCUT2D eigenvalue weighted by molar-refractivity contribution is 6.07. The first-order chi connectivity index (χ1) is 16.5. The standard InChI is InChI=1S/C27H35N5O3/c1-18-23-21(16-22(20-10-8-7-9-11-20)28-24(23)31(6)29-18)25(33)32-14-12-19(13-15-32)17-30(5)26(34)35-27(2,3)4/h7-11,16,19H,12-15,17H2,1-6H3. The molecule has 1 aliphatic rings. The van der Waals surface area contributed by atoms with Gasteiger partial charge in [0.05, 0.1) is 22.3 Å². The van der Waals surface area contributed by atoms with Crippen LogP contribution < -0.4 is 0 Å². The largest absolute Gasteiger partial charge is 0.444 e. The zero-order valence-corrected chi connectivity index (χ0v) is 21.5. The molecule has 0 spiro atoms. The van der Waals surface area contributed by atoms with Gasteiger partial charge in [-0.15, -0.1) is 0 Å². The highest BCUT2D eigenvalue weighted by atomic mass is 16.6. The molecular weight excluding hydrogens is 442 g/mol. The Balaban J connectivity index is 1.51. The molecule has 0 bridgehead atoms. The van der Waals surface area contributed by atoms with Crippen molar-refractivity contribution in [2.45, 2.75) is 46.1 Å². The molecule has 4 rings (SSSR count). The molecular formula is C27H35N5O3. The molecule has 0 unspecified atom stereocenters. The van der Waals surface area contributed by atoms with Gasteiger partial charge < -0.3 is 14.5 Å². The van der Waals surface area contributed by atoms with E-state index in [1.54, 1.807) is 16.6 Å². The van der Waals surface area contributed by atoms with Crippen molar-refractivity contribution < 1.29 is 14.3 Å². The van der Waals surface area contributed by atoms with Crippen molar-refractivity contribution in [1.82, 2.24) is 24.6 Å². The number of aromatic nitrogens is 3. The summed E-state index contributed by atoms with van der Waals surface area (Å²) in [5.41, 5.74) is 3.36. The summed E-state index contributed by atoms with van der Waals surface area (Å²) in [6, 6.07) is 11.8. The topological polar surface area (TPSA) is 80.6 Å². The third-order valence-electron chi connectivity index (χ3n) is 6.41. The van der Waals surface area contributed by atoms with Crippen molar-refractivity contribution in [3.8, 4) is 11.3 Å². The van der Waals surface area contributed by atoms with Gasteiger partial charge in [-0.3, -0.25) is 9.48 Å². The van der Waals surface area contributed by atoms with Crippen molar-refractivity contribution in [3.63, 3.8) is 0 Å². The van der Waals surface area contributed by atoms with Crippen molar-refractivity contribution in [2.24, 2.45) is 13.0 Å². The summed E-state index contributed by atoms with van der Waals surface area (Å²) in [4.78, 5) is 34.4. The highest BCUT2D eigenvalue weighted by Gasteiger charge is 2.29. The van der Waals surface area contributed by atoms with Gasteiger partial charge in [-0.2, -0.15) is 5.10 Å². The molecule has 0 radical (unpaired) electrons. The lowest BCUT2D eigenvalue weighted by molar-refractivity contribution is 0.0246. The predicted octanol–water partition coefficient (Wildman–Crippen LogP) is 4.66. The number of carbonyl (C=O) groups excluding carboxylic acids is 2. The quantitative estimate of drug-likeness (QED) is 0.546. The number of aryl methyl sites for hydroxylation is 2. The lowest BCUT2D eigenvalue weighted by Crippen LogP contribution is -2.43. The summed E-state index contributed by atoms with van der Waals surface area (Å²) in [6.45, 7) is 9.44.